The molecule has 1 unspecified atom stereocenters. The number of ether oxygens (including phenoxy) is 1. The van der Waals surface area contributed by atoms with Crippen LogP contribution in [-0.4, -0.2) is 42.7 Å². The number of hydrogen-bond acceptors (Lipinski definition) is 7. The fourth-order valence-corrected chi connectivity index (χ4v) is 4.78. The van der Waals surface area contributed by atoms with E-state index < -0.39 is 0 Å². The van der Waals surface area contributed by atoms with Gasteiger partial charge in [0.05, 0.1) is 30.4 Å². The van der Waals surface area contributed by atoms with Gasteiger partial charge in [-0.3, -0.25) is 4.79 Å². The summed E-state index contributed by atoms with van der Waals surface area (Å²) < 4.78 is 8.92. The second kappa shape index (κ2) is 7.92. The number of benzene rings is 1. The molecule has 0 aliphatic carbocycles. The molecule has 0 spiro atoms. The van der Waals surface area contributed by atoms with Crippen molar-refractivity contribution in [2.24, 2.45) is 0 Å². The summed E-state index contributed by atoms with van der Waals surface area (Å²) in [6, 6.07) is 12.0. The summed E-state index contributed by atoms with van der Waals surface area (Å²) in [5.41, 5.74) is 6.43. The molecule has 1 saturated heterocycles. The van der Waals surface area contributed by atoms with E-state index in [1.807, 2.05) is 23.0 Å². The second-order valence-corrected chi connectivity index (χ2v) is 8.64. The zero-order valence-electron chi connectivity index (χ0n) is 17.2. The first-order valence-electron chi connectivity index (χ1n) is 10.6. The van der Waals surface area contributed by atoms with Crippen molar-refractivity contribution < 1.29 is 4.74 Å². The molecule has 0 radical (unpaired) electrons. The van der Waals surface area contributed by atoms with Gasteiger partial charge >= 0.3 is 0 Å². The van der Waals surface area contributed by atoms with Crippen LogP contribution in [0.1, 0.15) is 24.4 Å². The Hall–Kier alpha value is -3.43. The molecule has 160 valence electrons. The highest BCUT2D eigenvalue weighted by molar-refractivity contribution is 7.07. The van der Waals surface area contributed by atoms with Crippen LogP contribution in [0, 0.1) is 0 Å². The quantitative estimate of drug-likeness (QED) is 0.421. The van der Waals surface area contributed by atoms with E-state index in [9.17, 15) is 4.79 Å². The lowest BCUT2D eigenvalue weighted by atomic mass is 10.1. The Morgan fingerprint density at radius 2 is 2.00 bits per heavy atom. The molecular formula is C23H20N6O2S. The van der Waals surface area contributed by atoms with Crippen LogP contribution < -0.4 is 5.56 Å². The maximum atomic E-state index is 13.2. The van der Waals surface area contributed by atoms with E-state index in [4.69, 9.17) is 9.84 Å². The summed E-state index contributed by atoms with van der Waals surface area (Å²) in [5, 5.41) is 12.2. The molecule has 0 N–H and O–H groups in total. The number of hydrogen-bond donors (Lipinski definition) is 0. The minimum atomic E-state index is -0.172. The summed E-state index contributed by atoms with van der Waals surface area (Å²) in [7, 11) is 0. The van der Waals surface area contributed by atoms with Gasteiger partial charge in [-0.25, -0.2) is 19.3 Å². The third kappa shape index (κ3) is 3.30. The first-order chi connectivity index (χ1) is 15.8. The normalized spacial score (nSPS) is 16.7. The van der Waals surface area contributed by atoms with Crippen LogP contribution in [0.25, 0.3) is 33.7 Å². The predicted octanol–water partition coefficient (Wildman–Crippen LogP) is 3.62. The zero-order valence-corrected chi connectivity index (χ0v) is 18.0. The molecule has 1 atom stereocenters. The molecule has 9 heteroatoms. The number of thiazole rings is 1. The van der Waals surface area contributed by atoms with E-state index in [2.05, 4.69) is 39.3 Å². The van der Waals surface area contributed by atoms with Gasteiger partial charge in [-0.15, -0.1) is 11.3 Å². The summed E-state index contributed by atoms with van der Waals surface area (Å²) >= 11 is 1.58. The monoisotopic (exact) mass is 444 g/mol. The van der Waals surface area contributed by atoms with Crippen molar-refractivity contribution in [2.45, 2.75) is 25.4 Å². The van der Waals surface area contributed by atoms with Crippen molar-refractivity contribution in [3.63, 3.8) is 0 Å². The van der Waals surface area contributed by atoms with Gasteiger partial charge < -0.3 is 4.74 Å². The van der Waals surface area contributed by atoms with E-state index in [-0.39, 0.29) is 11.6 Å². The number of rotatable bonds is 4. The van der Waals surface area contributed by atoms with Crippen LogP contribution in [0.3, 0.4) is 0 Å². The van der Waals surface area contributed by atoms with Gasteiger partial charge in [-0.1, -0.05) is 24.3 Å². The van der Waals surface area contributed by atoms with Crippen LogP contribution in [0.15, 0.2) is 58.3 Å². The van der Waals surface area contributed by atoms with Crippen LogP contribution >= 0.6 is 11.3 Å². The van der Waals surface area contributed by atoms with Crippen LogP contribution in [0.5, 0.6) is 0 Å². The molecule has 8 nitrogen and oxygen atoms in total. The molecule has 1 aromatic carbocycles. The fourth-order valence-electron chi connectivity index (χ4n) is 4.22. The molecule has 3 aliphatic heterocycles. The van der Waals surface area contributed by atoms with Crippen LogP contribution in [0.2, 0.25) is 0 Å². The standard InChI is InChI=1S/C23H20N6O2S/c30-23-21-20(27-29(23)17-3-2-10-31-12-17)18-4-1-9-24-22(18)28(26-21)11-15-5-7-16(8-6-15)19-13-32-14-25-19/h1,4-9,13-14,17H,2-3,10-12H2. The lowest BCUT2D eigenvalue weighted by Crippen LogP contribution is -2.29. The van der Waals surface area contributed by atoms with Gasteiger partial charge in [0.15, 0.2) is 11.3 Å². The Balaban J connectivity index is 1.43. The Morgan fingerprint density at radius 1 is 1.09 bits per heavy atom. The SMILES string of the molecule is O=c1c2nn(Cc3ccc(-c4cscn4)cc3)c3ncccc3c-2nn1C1CCCOC1. The molecule has 0 saturated carbocycles. The lowest BCUT2D eigenvalue weighted by molar-refractivity contribution is 0.0540. The van der Waals surface area contributed by atoms with Crippen LogP contribution in [-0.2, 0) is 11.3 Å². The number of fused-ring (bicyclic) bond motifs is 3. The number of aromatic nitrogens is 6. The summed E-state index contributed by atoms with van der Waals surface area (Å²) in [6.45, 7) is 1.74. The van der Waals surface area contributed by atoms with E-state index in [0.29, 0.717) is 30.2 Å². The van der Waals surface area contributed by atoms with Gasteiger partial charge in [0.2, 0.25) is 0 Å². The highest BCUT2D eigenvalue weighted by Gasteiger charge is 2.27. The minimum Gasteiger partial charge on any atom is -0.379 e. The van der Waals surface area contributed by atoms with Crippen molar-refractivity contribution >= 4 is 22.4 Å². The number of nitrogens with zero attached hydrogens (tertiary/aromatic N) is 6. The van der Waals surface area contributed by atoms with E-state index in [1.165, 1.54) is 0 Å². The van der Waals surface area contributed by atoms with Crippen molar-refractivity contribution in [2.75, 3.05) is 13.2 Å². The molecule has 6 rings (SSSR count). The molecule has 3 aromatic rings. The first kappa shape index (κ1) is 19.3. The van der Waals surface area contributed by atoms with Crippen molar-refractivity contribution in [3.05, 3.63) is 69.4 Å². The highest BCUT2D eigenvalue weighted by Crippen LogP contribution is 2.27. The predicted molar refractivity (Wildman–Crippen MR) is 122 cm³/mol. The van der Waals surface area contributed by atoms with Gasteiger partial charge in [0.25, 0.3) is 5.56 Å². The third-order valence-corrected chi connectivity index (χ3v) is 6.43. The minimum absolute atomic E-state index is 0.0520. The maximum Gasteiger partial charge on any atom is 0.297 e. The Labute approximate surface area is 187 Å². The molecular weight excluding hydrogens is 424 g/mol. The molecule has 0 bridgehead atoms. The smallest absolute Gasteiger partial charge is 0.297 e. The number of pyridine rings is 1. The van der Waals surface area contributed by atoms with Crippen molar-refractivity contribution in [1.29, 1.82) is 0 Å². The molecule has 32 heavy (non-hydrogen) atoms. The average Bonchev–Trinajstić information content (AvgIpc) is 3.49. The maximum absolute atomic E-state index is 13.2. The van der Waals surface area contributed by atoms with Gasteiger partial charge in [-0.2, -0.15) is 10.2 Å². The molecule has 2 aromatic heterocycles. The fraction of sp³-hybridized carbons (Fsp3) is 0.261. The summed E-state index contributed by atoms with van der Waals surface area (Å²) in [6.07, 6.45) is 3.54. The molecule has 0 amide bonds. The largest absolute Gasteiger partial charge is 0.379 e. The first-order valence-corrected chi connectivity index (χ1v) is 11.5. The van der Waals surface area contributed by atoms with Crippen LogP contribution in [0.4, 0.5) is 0 Å². The van der Waals surface area contributed by atoms with Gasteiger partial charge in [-0.05, 0) is 30.5 Å². The topological polar surface area (TPSA) is 87.7 Å². The Bertz CT molecular complexity index is 1400. The second-order valence-electron chi connectivity index (χ2n) is 7.92. The summed E-state index contributed by atoms with van der Waals surface area (Å²) in [4.78, 5) is 22.1. The third-order valence-electron chi connectivity index (χ3n) is 5.85. The van der Waals surface area contributed by atoms with E-state index in [1.54, 1.807) is 26.9 Å². The van der Waals surface area contributed by atoms with Crippen molar-refractivity contribution in [1.82, 2.24) is 29.5 Å². The molecule has 1 fully saturated rings. The average molecular weight is 445 g/mol. The zero-order chi connectivity index (χ0) is 21.5. The Morgan fingerprint density at radius 3 is 2.78 bits per heavy atom. The molecule has 3 aliphatic rings. The summed E-state index contributed by atoms with van der Waals surface area (Å²) in [5.74, 6) is 0. The van der Waals surface area contributed by atoms with E-state index >= 15 is 0 Å². The Kier molecular flexibility index (Phi) is 4.77. The van der Waals surface area contributed by atoms with Gasteiger partial charge in [0.1, 0.15) is 5.69 Å². The lowest BCUT2D eigenvalue weighted by Gasteiger charge is -2.21. The van der Waals surface area contributed by atoms with Gasteiger partial charge in [0, 0.05) is 29.1 Å². The van der Waals surface area contributed by atoms with E-state index in [0.717, 1.165) is 41.7 Å². The molecule has 5 heterocycles. The highest BCUT2D eigenvalue weighted by atomic mass is 32.1. The van der Waals surface area contributed by atoms with Crippen molar-refractivity contribution in [3.8, 4) is 22.6 Å².